The van der Waals surface area contributed by atoms with Gasteiger partial charge in [0.15, 0.2) is 0 Å². The summed E-state index contributed by atoms with van der Waals surface area (Å²) in [4.78, 5) is 0. The highest BCUT2D eigenvalue weighted by Crippen LogP contribution is 2.17. The van der Waals surface area contributed by atoms with Gasteiger partial charge in [-0.3, -0.25) is 0 Å². The Morgan fingerprint density at radius 1 is 1.64 bits per heavy atom. The van der Waals surface area contributed by atoms with Crippen molar-refractivity contribution in [2.24, 2.45) is 0 Å². The fourth-order valence-corrected chi connectivity index (χ4v) is 0.879. The molecule has 1 nitrogen and oxygen atoms in total. The predicted octanol–water partition coefficient (Wildman–Crippen LogP) is 2.59. The van der Waals surface area contributed by atoms with Crippen LogP contribution in [0, 0.1) is 0 Å². The highest BCUT2D eigenvalue weighted by molar-refractivity contribution is 6.29. The van der Waals surface area contributed by atoms with Gasteiger partial charge in [-0.05, 0) is 20.9 Å². The van der Waals surface area contributed by atoms with Crippen molar-refractivity contribution in [2.75, 3.05) is 13.6 Å². The van der Waals surface area contributed by atoms with Crippen molar-refractivity contribution in [1.82, 2.24) is 5.32 Å². The van der Waals surface area contributed by atoms with Gasteiger partial charge in [-0.25, -0.2) is 4.39 Å². The monoisotopic (exact) mass is 177 g/mol. The van der Waals surface area contributed by atoms with Gasteiger partial charge in [-0.15, -0.1) is 0 Å². The molecule has 0 aromatic carbocycles. The van der Waals surface area contributed by atoms with Crippen molar-refractivity contribution < 1.29 is 4.39 Å². The molecule has 0 aromatic heterocycles. The number of nitrogens with one attached hydrogen (secondary N) is 1. The molecule has 0 aliphatic heterocycles. The molecule has 0 saturated heterocycles. The molecule has 0 bridgehead atoms. The van der Waals surface area contributed by atoms with Gasteiger partial charge in [0.1, 0.15) is 5.83 Å². The summed E-state index contributed by atoms with van der Waals surface area (Å²) in [7, 11) is 1.75. The highest BCUT2D eigenvalue weighted by atomic mass is 35.5. The summed E-state index contributed by atoms with van der Waals surface area (Å²) in [6.45, 7) is 3.79. The molecule has 0 unspecified atom stereocenters. The van der Waals surface area contributed by atoms with Crippen LogP contribution >= 0.6 is 11.6 Å². The number of likely N-dealkylation sites (N-methyl/N-ethyl adjacent to an activating group) is 1. The number of hydrogen-bond acceptors (Lipinski definition) is 1. The molecule has 3 heteroatoms. The van der Waals surface area contributed by atoms with Crippen molar-refractivity contribution in [2.45, 2.75) is 13.8 Å². The van der Waals surface area contributed by atoms with E-state index in [1.165, 1.54) is 6.08 Å². The van der Waals surface area contributed by atoms with E-state index >= 15 is 0 Å². The van der Waals surface area contributed by atoms with Crippen LogP contribution in [-0.4, -0.2) is 13.6 Å². The molecular weight excluding hydrogens is 165 g/mol. The van der Waals surface area contributed by atoms with Crippen LogP contribution in [0.5, 0.6) is 0 Å². The quantitative estimate of drug-likeness (QED) is 0.654. The van der Waals surface area contributed by atoms with Crippen LogP contribution in [0.1, 0.15) is 13.8 Å². The summed E-state index contributed by atoms with van der Waals surface area (Å²) in [6, 6.07) is 0. The Balaban J connectivity index is 4.50. The zero-order valence-corrected chi connectivity index (χ0v) is 7.80. The topological polar surface area (TPSA) is 12.0 Å². The molecule has 0 saturated carbocycles. The van der Waals surface area contributed by atoms with E-state index in [9.17, 15) is 4.39 Å². The van der Waals surface area contributed by atoms with Crippen molar-refractivity contribution in [1.29, 1.82) is 0 Å². The maximum absolute atomic E-state index is 12.9. The normalized spacial score (nSPS) is 14.8. The van der Waals surface area contributed by atoms with Crippen molar-refractivity contribution in [3.63, 3.8) is 0 Å². The number of hydrogen-bond donors (Lipinski definition) is 1. The first-order chi connectivity index (χ1) is 5.13. The van der Waals surface area contributed by atoms with E-state index in [0.29, 0.717) is 17.2 Å². The number of rotatable bonds is 3. The molecule has 0 atom stereocenters. The summed E-state index contributed by atoms with van der Waals surface area (Å²) in [5.41, 5.74) is 0.525. The Morgan fingerprint density at radius 3 is 2.45 bits per heavy atom. The molecule has 0 aliphatic rings. The number of allylic oxidation sites excluding steroid dienone is 2. The molecule has 0 heterocycles. The summed E-state index contributed by atoms with van der Waals surface area (Å²) >= 11 is 5.65. The zero-order chi connectivity index (χ0) is 8.85. The van der Waals surface area contributed by atoms with Gasteiger partial charge < -0.3 is 5.32 Å². The molecular formula is C8H13ClFN. The molecule has 0 aliphatic carbocycles. The van der Waals surface area contributed by atoms with Crippen LogP contribution in [0.3, 0.4) is 0 Å². The molecule has 0 amide bonds. The molecule has 0 rings (SSSR count). The van der Waals surface area contributed by atoms with Crippen molar-refractivity contribution >= 4 is 11.6 Å². The SMILES string of the molecule is C/C=C(F)\C(CNC)=C(/C)Cl. The van der Waals surface area contributed by atoms with Crippen LogP contribution in [0.4, 0.5) is 4.39 Å². The van der Waals surface area contributed by atoms with E-state index < -0.39 is 0 Å². The average molecular weight is 178 g/mol. The van der Waals surface area contributed by atoms with Gasteiger partial charge in [-0.1, -0.05) is 17.7 Å². The predicted molar refractivity (Wildman–Crippen MR) is 47.3 cm³/mol. The lowest BCUT2D eigenvalue weighted by atomic mass is 10.2. The average Bonchev–Trinajstić information content (AvgIpc) is 1.98. The van der Waals surface area contributed by atoms with E-state index in [-0.39, 0.29) is 5.83 Å². The molecule has 11 heavy (non-hydrogen) atoms. The Bertz CT molecular complexity index is 181. The van der Waals surface area contributed by atoms with E-state index in [1.54, 1.807) is 20.9 Å². The molecule has 0 radical (unpaired) electrons. The van der Waals surface area contributed by atoms with Crippen LogP contribution in [0.2, 0.25) is 0 Å². The van der Waals surface area contributed by atoms with Gasteiger partial charge in [0.25, 0.3) is 0 Å². The standard InChI is InChI=1S/C8H13ClFN/c1-4-8(10)7(5-11-3)6(2)9/h4,11H,5H2,1-3H3/b7-6+,8-4+. The van der Waals surface area contributed by atoms with Crippen molar-refractivity contribution in [3.8, 4) is 0 Å². The first-order valence-electron chi connectivity index (χ1n) is 3.45. The second-order valence-electron chi connectivity index (χ2n) is 2.18. The minimum atomic E-state index is -0.258. The second-order valence-corrected chi connectivity index (χ2v) is 2.75. The summed E-state index contributed by atoms with van der Waals surface area (Å²) < 4.78 is 12.9. The van der Waals surface area contributed by atoms with Gasteiger partial charge in [0.2, 0.25) is 0 Å². The first-order valence-corrected chi connectivity index (χ1v) is 3.83. The molecule has 1 N–H and O–H groups in total. The third-order valence-corrected chi connectivity index (χ3v) is 1.54. The molecule has 64 valence electrons. The molecule has 0 fully saturated rings. The first kappa shape index (κ1) is 10.7. The maximum atomic E-state index is 12.9. The van der Waals surface area contributed by atoms with E-state index in [2.05, 4.69) is 5.32 Å². The van der Waals surface area contributed by atoms with Gasteiger partial charge in [0, 0.05) is 17.2 Å². The minimum absolute atomic E-state index is 0.258. The third kappa shape index (κ3) is 3.54. The lowest BCUT2D eigenvalue weighted by Crippen LogP contribution is -2.11. The Morgan fingerprint density at radius 2 is 2.18 bits per heavy atom. The lowest BCUT2D eigenvalue weighted by Gasteiger charge is -2.04. The lowest BCUT2D eigenvalue weighted by molar-refractivity contribution is 0.635. The van der Waals surface area contributed by atoms with Crippen LogP contribution in [-0.2, 0) is 0 Å². The fraction of sp³-hybridized carbons (Fsp3) is 0.500. The Labute approximate surface area is 71.9 Å². The van der Waals surface area contributed by atoms with Gasteiger partial charge in [-0.2, -0.15) is 0 Å². The molecule has 0 aromatic rings. The smallest absolute Gasteiger partial charge is 0.124 e. The highest BCUT2D eigenvalue weighted by Gasteiger charge is 2.04. The molecule has 0 spiro atoms. The Hall–Kier alpha value is -0.340. The van der Waals surface area contributed by atoms with Crippen LogP contribution in [0.25, 0.3) is 0 Å². The van der Waals surface area contributed by atoms with Gasteiger partial charge in [0.05, 0.1) is 0 Å². The van der Waals surface area contributed by atoms with Crippen LogP contribution in [0.15, 0.2) is 22.5 Å². The largest absolute Gasteiger partial charge is 0.316 e. The summed E-state index contributed by atoms with van der Waals surface area (Å²) in [5, 5.41) is 3.34. The zero-order valence-electron chi connectivity index (χ0n) is 7.04. The summed E-state index contributed by atoms with van der Waals surface area (Å²) in [6.07, 6.45) is 1.40. The number of halogens is 2. The van der Waals surface area contributed by atoms with Gasteiger partial charge >= 0.3 is 0 Å². The van der Waals surface area contributed by atoms with E-state index in [0.717, 1.165) is 0 Å². The maximum Gasteiger partial charge on any atom is 0.124 e. The van der Waals surface area contributed by atoms with Crippen LogP contribution < -0.4 is 5.32 Å². The third-order valence-electron chi connectivity index (χ3n) is 1.31. The van der Waals surface area contributed by atoms with E-state index in [1.807, 2.05) is 0 Å². The van der Waals surface area contributed by atoms with E-state index in [4.69, 9.17) is 11.6 Å². The minimum Gasteiger partial charge on any atom is -0.316 e. The Kier molecular flexibility index (Phi) is 5.16. The van der Waals surface area contributed by atoms with Crippen molar-refractivity contribution in [3.05, 3.63) is 22.5 Å². The fourth-order valence-electron chi connectivity index (χ4n) is 0.722. The second kappa shape index (κ2) is 5.33. The summed E-state index contributed by atoms with van der Waals surface area (Å²) in [5.74, 6) is -0.258.